The molecule has 1 rings (SSSR count). The minimum Gasteiger partial charge on any atom is -0.0888 e. The predicted octanol–water partition coefficient (Wildman–Crippen LogP) is 4.38. The largest absolute Gasteiger partial charge is 0.0888 e. The van der Waals surface area contributed by atoms with Gasteiger partial charge in [-0.3, -0.25) is 0 Å². The van der Waals surface area contributed by atoms with Crippen LogP contribution in [-0.4, -0.2) is 4.83 Å². The molecule has 0 bridgehead atoms. The van der Waals surface area contributed by atoms with Gasteiger partial charge in [0.05, 0.1) is 0 Å². The van der Waals surface area contributed by atoms with Gasteiger partial charge in [-0.15, -0.1) is 0 Å². The Balaban J connectivity index is 1.93. The van der Waals surface area contributed by atoms with Gasteiger partial charge >= 0.3 is 0 Å². The molecule has 0 N–H and O–H groups in total. The highest BCUT2D eigenvalue weighted by Gasteiger charge is 2.28. The average Bonchev–Trinajstić information content (AvgIpc) is 2.86. The zero-order valence-corrected chi connectivity index (χ0v) is 9.94. The molecular formula is C11H21Br. The number of hydrogen-bond acceptors (Lipinski definition) is 0. The number of rotatable bonds is 6. The average molecular weight is 233 g/mol. The van der Waals surface area contributed by atoms with Gasteiger partial charge < -0.3 is 0 Å². The Morgan fingerprint density at radius 3 is 2.50 bits per heavy atom. The maximum Gasteiger partial charge on any atom is 0.0174 e. The van der Waals surface area contributed by atoms with E-state index < -0.39 is 0 Å². The van der Waals surface area contributed by atoms with E-state index in [1.807, 2.05) is 0 Å². The van der Waals surface area contributed by atoms with Crippen molar-refractivity contribution in [2.24, 2.45) is 11.8 Å². The van der Waals surface area contributed by atoms with E-state index >= 15 is 0 Å². The van der Waals surface area contributed by atoms with Gasteiger partial charge in [0.25, 0.3) is 0 Å². The van der Waals surface area contributed by atoms with Crippen molar-refractivity contribution in [1.82, 2.24) is 0 Å². The Morgan fingerprint density at radius 1 is 1.33 bits per heavy atom. The second-order valence-corrected chi connectivity index (χ2v) is 5.47. The Labute approximate surface area is 85.3 Å². The third-order valence-electron chi connectivity index (χ3n) is 3.01. The fourth-order valence-corrected chi connectivity index (χ4v) is 2.41. The Morgan fingerprint density at radius 2 is 2.00 bits per heavy atom. The summed E-state index contributed by atoms with van der Waals surface area (Å²) in [6, 6.07) is 0. The van der Waals surface area contributed by atoms with Crippen LogP contribution < -0.4 is 0 Å². The summed E-state index contributed by atoms with van der Waals surface area (Å²) < 4.78 is 0. The minimum atomic E-state index is 0.835. The maximum absolute atomic E-state index is 3.78. The zero-order valence-electron chi connectivity index (χ0n) is 8.35. The summed E-state index contributed by atoms with van der Waals surface area (Å²) in [5.41, 5.74) is 0. The molecule has 0 aromatic carbocycles. The molecule has 1 saturated carbocycles. The molecule has 72 valence electrons. The summed E-state index contributed by atoms with van der Waals surface area (Å²) in [5, 5.41) is 0. The van der Waals surface area contributed by atoms with Gasteiger partial charge in [0.1, 0.15) is 0 Å². The van der Waals surface area contributed by atoms with Crippen LogP contribution in [0.1, 0.15) is 52.4 Å². The molecule has 1 fully saturated rings. The molecule has 1 heteroatoms. The van der Waals surface area contributed by atoms with E-state index in [1.165, 1.54) is 38.5 Å². The third kappa shape index (κ3) is 3.93. The monoisotopic (exact) mass is 232 g/mol. The van der Waals surface area contributed by atoms with Crippen molar-refractivity contribution in [3.05, 3.63) is 0 Å². The molecule has 0 heterocycles. The summed E-state index contributed by atoms with van der Waals surface area (Å²) in [7, 11) is 0. The fourth-order valence-electron chi connectivity index (χ4n) is 1.56. The fraction of sp³-hybridized carbons (Fsp3) is 1.00. The van der Waals surface area contributed by atoms with Crippen LogP contribution in [0.25, 0.3) is 0 Å². The molecule has 1 aliphatic carbocycles. The van der Waals surface area contributed by atoms with Gasteiger partial charge in [-0.05, 0) is 31.1 Å². The van der Waals surface area contributed by atoms with Crippen molar-refractivity contribution in [3.8, 4) is 0 Å². The first-order valence-corrected chi connectivity index (χ1v) is 6.29. The van der Waals surface area contributed by atoms with Gasteiger partial charge in [0.15, 0.2) is 0 Å². The van der Waals surface area contributed by atoms with Crippen LogP contribution in [0.2, 0.25) is 0 Å². The van der Waals surface area contributed by atoms with E-state index in [2.05, 4.69) is 29.8 Å². The van der Waals surface area contributed by atoms with E-state index in [0.717, 1.165) is 16.7 Å². The molecule has 0 nitrogen and oxygen atoms in total. The standard InChI is InChI=1S/C11H21Br/c1-3-9(2)5-4-6-11(12)10-7-8-10/h9-11H,3-8H2,1-2H3. The van der Waals surface area contributed by atoms with Crippen LogP contribution in [0.5, 0.6) is 0 Å². The van der Waals surface area contributed by atoms with E-state index in [4.69, 9.17) is 0 Å². The van der Waals surface area contributed by atoms with Crippen molar-refractivity contribution in [2.45, 2.75) is 57.2 Å². The summed E-state index contributed by atoms with van der Waals surface area (Å²) in [6.07, 6.45) is 8.52. The highest BCUT2D eigenvalue weighted by atomic mass is 79.9. The van der Waals surface area contributed by atoms with Crippen LogP contribution >= 0.6 is 15.9 Å². The van der Waals surface area contributed by atoms with Crippen molar-refractivity contribution < 1.29 is 0 Å². The van der Waals surface area contributed by atoms with E-state index in [0.29, 0.717) is 0 Å². The molecule has 0 aromatic heterocycles. The number of alkyl halides is 1. The molecule has 12 heavy (non-hydrogen) atoms. The van der Waals surface area contributed by atoms with Crippen LogP contribution in [0.3, 0.4) is 0 Å². The molecule has 0 amide bonds. The van der Waals surface area contributed by atoms with E-state index in [-0.39, 0.29) is 0 Å². The van der Waals surface area contributed by atoms with Gasteiger partial charge in [-0.1, -0.05) is 49.0 Å². The summed E-state index contributed by atoms with van der Waals surface area (Å²) in [5.74, 6) is 1.96. The molecule has 2 unspecified atom stereocenters. The SMILES string of the molecule is CCC(C)CCCC(Br)C1CC1. The third-order valence-corrected chi connectivity index (χ3v) is 4.21. The molecular weight excluding hydrogens is 212 g/mol. The molecule has 0 saturated heterocycles. The molecule has 0 aliphatic heterocycles. The minimum absolute atomic E-state index is 0.835. The Kier molecular flexibility index (Phi) is 4.63. The maximum atomic E-state index is 3.78. The lowest BCUT2D eigenvalue weighted by molar-refractivity contribution is 0.477. The lowest BCUT2D eigenvalue weighted by atomic mass is 10.0. The van der Waals surface area contributed by atoms with Crippen molar-refractivity contribution in [1.29, 1.82) is 0 Å². The molecule has 0 aromatic rings. The summed E-state index contributed by atoms with van der Waals surface area (Å²) in [4.78, 5) is 0.835. The van der Waals surface area contributed by atoms with E-state index in [9.17, 15) is 0 Å². The molecule has 0 radical (unpaired) electrons. The second kappa shape index (κ2) is 5.26. The Bertz CT molecular complexity index is 118. The van der Waals surface area contributed by atoms with Crippen LogP contribution in [0.4, 0.5) is 0 Å². The first-order chi connectivity index (χ1) is 5.74. The first kappa shape index (κ1) is 10.6. The van der Waals surface area contributed by atoms with Crippen LogP contribution in [0.15, 0.2) is 0 Å². The van der Waals surface area contributed by atoms with Crippen molar-refractivity contribution in [2.75, 3.05) is 0 Å². The Hall–Kier alpha value is 0.480. The van der Waals surface area contributed by atoms with Gasteiger partial charge in [0, 0.05) is 4.83 Å². The lowest BCUT2D eigenvalue weighted by Crippen LogP contribution is -2.01. The van der Waals surface area contributed by atoms with Gasteiger partial charge in [-0.25, -0.2) is 0 Å². The number of halogens is 1. The summed E-state index contributed by atoms with van der Waals surface area (Å²) in [6.45, 7) is 4.65. The lowest BCUT2D eigenvalue weighted by Gasteiger charge is -2.10. The number of hydrogen-bond donors (Lipinski definition) is 0. The van der Waals surface area contributed by atoms with Crippen LogP contribution in [-0.2, 0) is 0 Å². The van der Waals surface area contributed by atoms with Crippen molar-refractivity contribution >= 4 is 15.9 Å². The second-order valence-electron chi connectivity index (χ2n) is 4.30. The van der Waals surface area contributed by atoms with Gasteiger partial charge in [-0.2, -0.15) is 0 Å². The first-order valence-electron chi connectivity index (χ1n) is 5.38. The predicted molar refractivity (Wildman–Crippen MR) is 58.7 cm³/mol. The van der Waals surface area contributed by atoms with Crippen molar-refractivity contribution in [3.63, 3.8) is 0 Å². The molecule has 1 aliphatic rings. The highest BCUT2D eigenvalue weighted by Crippen LogP contribution is 2.39. The van der Waals surface area contributed by atoms with E-state index in [1.54, 1.807) is 0 Å². The topological polar surface area (TPSA) is 0 Å². The molecule has 0 spiro atoms. The van der Waals surface area contributed by atoms with Crippen LogP contribution in [0, 0.1) is 11.8 Å². The zero-order chi connectivity index (χ0) is 8.97. The quantitative estimate of drug-likeness (QED) is 0.597. The smallest absolute Gasteiger partial charge is 0.0174 e. The highest BCUT2D eigenvalue weighted by molar-refractivity contribution is 9.09. The van der Waals surface area contributed by atoms with Gasteiger partial charge in [0.2, 0.25) is 0 Å². The normalized spacial score (nSPS) is 22.2. The summed E-state index contributed by atoms with van der Waals surface area (Å²) >= 11 is 3.78. The molecule has 2 atom stereocenters.